The van der Waals surface area contributed by atoms with Crippen LogP contribution >= 0.6 is 0 Å². The quantitative estimate of drug-likeness (QED) is 0.451. The Hall–Kier alpha value is -4.40. The fourth-order valence-electron chi connectivity index (χ4n) is 5.95. The van der Waals surface area contributed by atoms with E-state index in [0.29, 0.717) is 49.4 Å². The van der Waals surface area contributed by atoms with Gasteiger partial charge in [-0.15, -0.1) is 0 Å². The van der Waals surface area contributed by atoms with Crippen LogP contribution in [-0.2, 0) is 30.7 Å². The van der Waals surface area contributed by atoms with Gasteiger partial charge in [-0.2, -0.15) is 0 Å². The summed E-state index contributed by atoms with van der Waals surface area (Å²) in [6.45, 7) is 3.85. The molecular formula is C32H31F2N5O2. The predicted molar refractivity (Wildman–Crippen MR) is 152 cm³/mol. The van der Waals surface area contributed by atoms with Crippen molar-refractivity contribution in [3.05, 3.63) is 99.0 Å². The van der Waals surface area contributed by atoms with Gasteiger partial charge in [0.1, 0.15) is 18.0 Å². The van der Waals surface area contributed by atoms with E-state index in [4.69, 9.17) is 0 Å². The van der Waals surface area contributed by atoms with Crippen molar-refractivity contribution in [2.24, 2.45) is 0 Å². The third kappa shape index (κ3) is 5.12. The molecule has 0 spiro atoms. The molecule has 2 aromatic carbocycles. The topological polar surface area (TPSA) is 69.6 Å². The molecule has 210 valence electrons. The number of nitrogens with zero attached hydrogens (tertiary/aromatic N) is 5. The molecule has 1 aliphatic carbocycles. The van der Waals surface area contributed by atoms with Gasteiger partial charge in [0.05, 0.1) is 17.8 Å². The number of fused-ring (bicyclic) bond motifs is 2. The largest absolute Gasteiger partial charge is 0.334 e. The van der Waals surface area contributed by atoms with Crippen LogP contribution in [0.25, 0.3) is 17.3 Å². The lowest BCUT2D eigenvalue weighted by molar-refractivity contribution is -0.131. The molecule has 0 saturated carbocycles. The minimum absolute atomic E-state index is 0.00354. The fraction of sp³-hybridized carbons (Fsp3) is 0.312. The van der Waals surface area contributed by atoms with E-state index in [2.05, 4.69) is 22.1 Å². The summed E-state index contributed by atoms with van der Waals surface area (Å²) >= 11 is 0. The van der Waals surface area contributed by atoms with Crippen LogP contribution in [0.15, 0.2) is 53.9 Å². The van der Waals surface area contributed by atoms with Crippen molar-refractivity contribution in [2.45, 2.75) is 39.3 Å². The van der Waals surface area contributed by atoms with E-state index in [1.165, 1.54) is 36.2 Å². The first-order valence-electron chi connectivity index (χ1n) is 13.7. The van der Waals surface area contributed by atoms with Gasteiger partial charge in [0.15, 0.2) is 0 Å². The zero-order chi connectivity index (χ0) is 28.8. The Bertz CT molecular complexity index is 1650. The van der Waals surface area contributed by atoms with Crippen LogP contribution in [0, 0.1) is 18.6 Å². The maximum Gasteiger partial charge on any atom is 0.319 e. The number of carbonyl (C=O) groups is 2. The lowest BCUT2D eigenvalue weighted by Gasteiger charge is -2.29. The van der Waals surface area contributed by atoms with Crippen LogP contribution in [-0.4, -0.2) is 63.8 Å². The molecule has 0 fully saturated rings. The van der Waals surface area contributed by atoms with Crippen LogP contribution in [0.1, 0.15) is 39.9 Å². The highest BCUT2D eigenvalue weighted by atomic mass is 19.1. The molecule has 0 N–H and O–H groups in total. The summed E-state index contributed by atoms with van der Waals surface area (Å²) in [5, 5.41) is 0. The van der Waals surface area contributed by atoms with E-state index in [9.17, 15) is 18.4 Å². The maximum absolute atomic E-state index is 15.0. The second kappa shape index (κ2) is 10.5. The van der Waals surface area contributed by atoms with Crippen molar-refractivity contribution in [2.75, 3.05) is 27.2 Å². The van der Waals surface area contributed by atoms with E-state index in [1.807, 2.05) is 11.8 Å². The molecule has 0 saturated heterocycles. The molecule has 0 bridgehead atoms. The third-order valence-corrected chi connectivity index (χ3v) is 8.24. The van der Waals surface area contributed by atoms with E-state index < -0.39 is 5.82 Å². The van der Waals surface area contributed by atoms with Gasteiger partial charge < -0.3 is 14.7 Å². The molecule has 1 aromatic heterocycles. The number of amides is 3. The summed E-state index contributed by atoms with van der Waals surface area (Å²) < 4.78 is 28.6. The molecule has 0 radical (unpaired) electrons. The summed E-state index contributed by atoms with van der Waals surface area (Å²) in [6.07, 6.45) is 7.12. The smallest absolute Gasteiger partial charge is 0.319 e. The van der Waals surface area contributed by atoms with Crippen LogP contribution in [0.5, 0.6) is 0 Å². The maximum atomic E-state index is 15.0. The van der Waals surface area contributed by atoms with Gasteiger partial charge in [-0.3, -0.25) is 4.79 Å². The van der Waals surface area contributed by atoms with Gasteiger partial charge in [-0.05, 0) is 77.1 Å². The Morgan fingerprint density at radius 3 is 2.54 bits per heavy atom. The summed E-state index contributed by atoms with van der Waals surface area (Å²) in [5.41, 5.74) is 8.46. The molecule has 7 nitrogen and oxygen atoms in total. The number of hydrogen-bond donors (Lipinski definition) is 0. The first-order valence-corrected chi connectivity index (χ1v) is 13.7. The van der Waals surface area contributed by atoms with Crippen LogP contribution in [0.3, 0.4) is 0 Å². The number of allylic oxidation sites excluding steroid dienone is 1. The lowest BCUT2D eigenvalue weighted by atomic mass is 9.95. The van der Waals surface area contributed by atoms with Gasteiger partial charge in [-0.1, -0.05) is 12.1 Å². The standard InChI is InChI=1S/C32H31F2N5O2/c1-19-22(14-30(40)39-16-21-4-5-25(33)11-24(21)17-39)10-26(34)15-27(19)31-28-12-23(13-29(28)35-18-36-31)20-6-8-38(9-7-20)32(41)37(2)3/h4-6,10-12,15,18H,7-9,13-14,16-17H2,1-3H3. The van der Waals surface area contributed by atoms with E-state index in [-0.39, 0.29) is 24.2 Å². The molecule has 3 amide bonds. The summed E-state index contributed by atoms with van der Waals surface area (Å²) in [6, 6.07) is 7.46. The third-order valence-electron chi connectivity index (χ3n) is 8.24. The number of halogens is 2. The van der Waals surface area contributed by atoms with Crippen molar-refractivity contribution >= 4 is 18.0 Å². The number of carbonyl (C=O) groups excluding carboxylic acids is 2. The predicted octanol–water partition coefficient (Wildman–Crippen LogP) is 5.07. The molecule has 0 unspecified atom stereocenters. The van der Waals surface area contributed by atoms with E-state index >= 15 is 0 Å². The van der Waals surface area contributed by atoms with Crippen LogP contribution < -0.4 is 0 Å². The van der Waals surface area contributed by atoms with Gasteiger partial charge in [0.2, 0.25) is 5.91 Å². The minimum Gasteiger partial charge on any atom is -0.334 e. The van der Waals surface area contributed by atoms with Gasteiger partial charge in [-0.25, -0.2) is 23.5 Å². The molecule has 3 aromatic rings. The second-order valence-electron chi connectivity index (χ2n) is 11.1. The number of urea groups is 1. The van der Waals surface area contributed by atoms with Crippen LogP contribution in [0.4, 0.5) is 13.6 Å². The first kappa shape index (κ1) is 26.8. The normalized spacial score (nSPS) is 15.8. The highest BCUT2D eigenvalue weighted by Gasteiger charge is 2.27. The molecule has 0 atom stereocenters. The van der Waals surface area contributed by atoms with Crippen molar-refractivity contribution in [1.29, 1.82) is 0 Å². The summed E-state index contributed by atoms with van der Waals surface area (Å²) in [7, 11) is 3.50. The van der Waals surface area contributed by atoms with Crippen molar-refractivity contribution in [3.63, 3.8) is 0 Å². The van der Waals surface area contributed by atoms with Gasteiger partial charge >= 0.3 is 6.03 Å². The lowest BCUT2D eigenvalue weighted by Crippen LogP contribution is -2.41. The molecule has 41 heavy (non-hydrogen) atoms. The molecule has 9 heteroatoms. The average Bonchev–Trinajstić information content (AvgIpc) is 3.59. The SMILES string of the molecule is Cc1c(CC(=O)N2Cc3ccc(F)cc3C2)cc(F)cc1-c1ncnc2c1C=C(C1=CCN(C(=O)N(C)C)CC1)C2. The molecule has 2 aliphatic heterocycles. The average molecular weight is 556 g/mol. The number of benzene rings is 2. The highest BCUT2D eigenvalue weighted by Crippen LogP contribution is 2.37. The Morgan fingerprint density at radius 2 is 1.78 bits per heavy atom. The highest BCUT2D eigenvalue weighted by molar-refractivity contribution is 5.84. The van der Waals surface area contributed by atoms with Gasteiger partial charge in [0.25, 0.3) is 0 Å². The van der Waals surface area contributed by atoms with Gasteiger partial charge in [0, 0.05) is 57.8 Å². The Labute approximate surface area is 237 Å². The number of hydrogen-bond acceptors (Lipinski definition) is 4. The molecule has 3 aliphatic rings. The number of aromatic nitrogens is 2. The zero-order valence-electron chi connectivity index (χ0n) is 23.4. The zero-order valence-corrected chi connectivity index (χ0v) is 23.4. The van der Waals surface area contributed by atoms with E-state index in [1.54, 1.807) is 30.0 Å². The van der Waals surface area contributed by atoms with Crippen LogP contribution in [0.2, 0.25) is 0 Å². The second-order valence-corrected chi connectivity index (χ2v) is 11.1. The van der Waals surface area contributed by atoms with Crippen molar-refractivity contribution < 1.29 is 18.4 Å². The minimum atomic E-state index is -0.435. The fourth-order valence-corrected chi connectivity index (χ4v) is 5.95. The molecule has 6 rings (SSSR count). The Morgan fingerprint density at radius 1 is 0.976 bits per heavy atom. The van der Waals surface area contributed by atoms with E-state index in [0.717, 1.165) is 39.9 Å². The summed E-state index contributed by atoms with van der Waals surface area (Å²) in [5.74, 6) is -0.891. The first-order chi connectivity index (χ1) is 19.7. The monoisotopic (exact) mass is 555 g/mol. The molecule has 3 heterocycles. The molecular weight excluding hydrogens is 524 g/mol. The Kier molecular flexibility index (Phi) is 6.89. The van der Waals surface area contributed by atoms with Crippen molar-refractivity contribution in [3.8, 4) is 11.3 Å². The number of rotatable bonds is 4. The Balaban J connectivity index is 1.25. The summed E-state index contributed by atoms with van der Waals surface area (Å²) in [4.78, 5) is 39.7. The van der Waals surface area contributed by atoms with Crippen molar-refractivity contribution in [1.82, 2.24) is 24.7 Å².